The van der Waals surface area contributed by atoms with E-state index in [1.54, 1.807) is 0 Å². The van der Waals surface area contributed by atoms with E-state index in [1.807, 2.05) is 0 Å². The number of hydrogen-bond acceptors (Lipinski definition) is 7. The quantitative estimate of drug-likeness (QED) is 0.216. The zero-order valence-corrected chi connectivity index (χ0v) is 25.9. The molecule has 2 unspecified atom stereocenters. The van der Waals surface area contributed by atoms with Crippen molar-refractivity contribution < 1.29 is 32.2 Å². The highest BCUT2D eigenvalue weighted by Crippen LogP contribution is 2.42. The van der Waals surface area contributed by atoms with Crippen LogP contribution in [0.3, 0.4) is 0 Å². The second-order valence-electron chi connectivity index (χ2n) is 13.5. The van der Waals surface area contributed by atoms with Crippen LogP contribution in [0.1, 0.15) is 107 Å². The molecule has 4 rings (SSSR count). The highest BCUT2D eigenvalue weighted by Gasteiger charge is 2.53. The molecule has 0 bridgehead atoms. The van der Waals surface area contributed by atoms with Crippen LogP contribution in [0, 0.1) is 11.8 Å². The Balaban J connectivity index is 1.08. The minimum atomic E-state index is -2.45. The van der Waals surface area contributed by atoms with Gasteiger partial charge in [0.05, 0.1) is 35.6 Å². The first-order valence-electron chi connectivity index (χ1n) is 14.6. The normalized spacial score (nSPS) is 30.7. The van der Waals surface area contributed by atoms with Crippen LogP contribution in [0.25, 0.3) is 0 Å². The molecule has 0 radical (unpaired) electrons. The van der Waals surface area contributed by atoms with Gasteiger partial charge in [-0.25, -0.2) is 0 Å². The Bertz CT molecular complexity index is 826. The molecule has 0 spiro atoms. The van der Waals surface area contributed by atoms with Gasteiger partial charge >= 0.3 is 22.5 Å². The summed E-state index contributed by atoms with van der Waals surface area (Å²) in [6, 6.07) is 0. The maximum Gasteiger partial charge on any atom is 0.490 e. The van der Waals surface area contributed by atoms with Crippen molar-refractivity contribution in [3.63, 3.8) is 0 Å². The van der Waals surface area contributed by atoms with E-state index in [1.165, 1.54) is 10.9 Å². The molecule has 10 heteroatoms. The maximum absolute atomic E-state index is 12.3. The summed E-state index contributed by atoms with van der Waals surface area (Å²) in [7, 11) is -2.93. The molecule has 38 heavy (non-hydrogen) atoms. The molecule has 2 aliphatic heterocycles. The van der Waals surface area contributed by atoms with Gasteiger partial charge in [0.2, 0.25) is 0 Å². The predicted molar refractivity (Wildman–Crippen MR) is 153 cm³/mol. The highest BCUT2D eigenvalue weighted by atomic mass is 31.1. The minimum Gasteiger partial charge on any atom is -0.400 e. The van der Waals surface area contributed by atoms with Gasteiger partial charge < -0.3 is 27.7 Å². The molecule has 0 saturated carbocycles. The Hall–Kier alpha value is -0.400. The van der Waals surface area contributed by atoms with Crippen molar-refractivity contribution in [2.24, 2.45) is 11.8 Å². The first-order valence-corrected chi connectivity index (χ1v) is 15.8. The smallest absolute Gasteiger partial charge is 0.400 e. The van der Waals surface area contributed by atoms with Crippen molar-refractivity contribution in [1.82, 2.24) is 0 Å². The van der Waals surface area contributed by atoms with Crippen molar-refractivity contribution >= 4 is 22.5 Å². The van der Waals surface area contributed by atoms with Crippen LogP contribution in [0.2, 0.25) is 0 Å². The minimum absolute atomic E-state index is 0.239. The first kappa shape index (κ1) is 30.6. The zero-order valence-electron chi connectivity index (χ0n) is 24.9. The lowest BCUT2D eigenvalue weighted by Crippen LogP contribution is -2.41. The summed E-state index contributed by atoms with van der Waals surface area (Å²) in [4.78, 5) is 0. The first-order chi connectivity index (χ1) is 17.7. The van der Waals surface area contributed by atoms with Crippen molar-refractivity contribution in [1.29, 1.82) is 0 Å². The molecular formula is C28H49B2O7P. The van der Waals surface area contributed by atoms with Gasteiger partial charge in [0.15, 0.2) is 0 Å². The van der Waals surface area contributed by atoms with Gasteiger partial charge in [-0.3, -0.25) is 4.57 Å². The molecule has 0 aromatic heterocycles. The van der Waals surface area contributed by atoms with Gasteiger partial charge in [0, 0.05) is 0 Å². The van der Waals surface area contributed by atoms with Crippen molar-refractivity contribution in [3.8, 4) is 0 Å². The van der Waals surface area contributed by atoms with Crippen LogP contribution in [0.5, 0.6) is 0 Å². The van der Waals surface area contributed by atoms with Crippen LogP contribution < -0.4 is 0 Å². The fraction of sp³-hybridized carbons (Fsp3) is 0.857. The summed E-state index contributed by atoms with van der Waals surface area (Å²) < 4.78 is 48.1. The summed E-state index contributed by atoms with van der Waals surface area (Å²) in [5, 5.41) is 0. The Labute approximate surface area is 232 Å². The molecular weight excluding hydrogens is 501 g/mol. The second-order valence-corrected chi connectivity index (χ2v) is 14.6. The molecule has 2 atom stereocenters. The number of hydrogen-bond donors (Lipinski definition) is 0. The molecule has 0 amide bonds. The van der Waals surface area contributed by atoms with E-state index in [4.69, 9.17) is 27.7 Å². The van der Waals surface area contributed by atoms with Gasteiger partial charge in [-0.15, -0.1) is 0 Å². The molecule has 0 aromatic rings. The summed E-state index contributed by atoms with van der Waals surface area (Å²) in [5.74, 6) is 1.06. The van der Waals surface area contributed by atoms with Gasteiger partial charge in [-0.05, 0) is 130 Å². The standard InChI is InChI=1S/C28H49B2O7P/c1-25(2)26(3,4)35-29(34-25)23-13-9-21(10-14-23)17-19-32-38(31)33-20-18-22-11-15-24(16-12-22)30-36-27(5,6)28(7,8)37-30/h13,15,21-22,38H,9-12,14,16-20H2,1-8H3. The average Bonchev–Trinajstić information content (AvgIpc) is 3.19. The van der Waals surface area contributed by atoms with Crippen molar-refractivity contribution in [2.45, 2.75) is 129 Å². The van der Waals surface area contributed by atoms with Crippen LogP contribution in [0.15, 0.2) is 23.1 Å². The van der Waals surface area contributed by atoms with Crippen LogP contribution in [0.4, 0.5) is 0 Å². The maximum atomic E-state index is 12.3. The van der Waals surface area contributed by atoms with E-state index in [0.29, 0.717) is 25.0 Å². The van der Waals surface area contributed by atoms with Gasteiger partial charge in [0.25, 0.3) is 0 Å². The van der Waals surface area contributed by atoms with Gasteiger partial charge in [-0.1, -0.05) is 12.2 Å². The highest BCUT2D eigenvalue weighted by molar-refractivity contribution is 7.33. The lowest BCUT2D eigenvalue weighted by molar-refractivity contribution is 0.00578. The molecule has 2 heterocycles. The Morgan fingerprint density at radius 1 is 0.711 bits per heavy atom. The molecule has 0 aromatic carbocycles. The SMILES string of the molecule is CC1(C)OB(C2=CCC(CCO[PH](=O)OCCC3CC=C(B4OC(C)(C)C(C)(C)O4)CC3)CC2)OC1(C)C. The van der Waals surface area contributed by atoms with E-state index < -0.39 is 8.25 Å². The molecule has 2 fully saturated rings. The Morgan fingerprint density at radius 2 is 1.05 bits per heavy atom. The van der Waals surface area contributed by atoms with Crippen molar-refractivity contribution in [3.05, 3.63) is 23.1 Å². The van der Waals surface area contributed by atoms with E-state index in [2.05, 4.69) is 67.5 Å². The molecule has 7 nitrogen and oxygen atoms in total. The topological polar surface area (TPSA) is 72.5 Å². The van der Waals surface area contributed by atoms with E-state index in [0.717, 1.165) is 51.4 Å². The summed E-state index contributed by atoms with van der Waals surface area (Å²) in [6.07, 6.45) is 12.4. The molecule has 2 aliphatic carbocycles. The van der Waals surface area contributed by atoms with Gasteiger partial charge in [0.1, 0.15) is 0 Å². The fourth-order valence-electron chi connectivity index (χ4n) is 5.42. The predicted octanol–water partition coefficient (Wildman–Crippen LogP) is 6.91. The van der Waals surface area contributed by atoms with Crippen LogP contribution in [-0.4, -0.2) is 49.9 Å². The number of rotatable bonds is 10. The lowest BCUT2D eigenvalue weighted by Gasteiger charge is -2.32. The average molecular weight is 550 g/mol. The zero-order chi connectivity index (χ0) is 27.8. The summed E-state index contributed by atoms with van der Waals surface area (Å²) in [6.45, 7) is 17.7. The summed E-state index contributed by atoms with van der Waals surface area (Å²) in [5.41, 5.74) is 1.28. The summed E-state index contributed by atoms with van der Waals surface area (Å²) >= 11 is 0. The molecule has 4 aliphatic rings. The number of allylic oxidation sites excluding steroid dienone is 4. The van der Waals surface area contributed by atoms with Crippen molar-refractivity contribution in [2.75, 3.05) is 13.2 Å². The van der Waals surface area contributed by atoms with E-state index in [-0.39, 0.29) is 36.6 Å². The van der Waals surface area contributed by atoms with E-state index >= 15 is 0 Å². The Kier molecular flexibility index (Phi) is 9.52. The third-order valence-electron chi connectivity index (χ3n) is 9.71. The Morgan fingerprint density at radius 3 is 1.34 bits per heavy atom. The van der Waals surface area contributed by atoms with Crippen LogP contribution >= 0.6 is 8.25 Å². The molecule has 214 valence electrons. The second kappa shape index (κ2) is 11.8. The monoisotopic (exact) mass is 550 g/mol. The van der Waals surface area contributed by atoms with E-state index in [9.17, 15) is 4.57 Å². The van der Waals surface area contributed by atoms with Crippen LogP contribution in [-0.2, 0) is 32.2 Å². The largest absolute Gasteiger partial charge is 0.490 e. The van der Waals surface area contributed by atoms with Gasteiger partial charge in [-0.2, -0.15) is 0 Å². The lowest BCUT2D eigenvalue weighted by atomic mass is 9.70. The molecule has 2 saturated heterocycles. The fourth-order valence-corrected chi connectivity index (χ4v) is 6.07. The third kappa shape index (κ3) is 7.08. The third-order valence-corrected chi connectivity index (χ3v) is 10.6. The molecule has 0 N–H and O–H groups in total.